The topological polar surface area (TPSA) is 44.1 Å². The van der Waals surface area contributed by atoms with Crippen molar-refractivity contribution in [3.05, 3.63) is 47.3 Å². The van der Waals surface area contributed by atoms with E-state index in [1.54, 1.807) is 23.0 Å². The molecule has 0 unspecified atom stereocenters. The third kappa shape index (κ3) is 2.84. The predicted molar refractivity (Wildman–Crippen MR) is 73.6 cm³/mol. The van der Waals surface area contributed by atoms with Crippen LogP contribution in [0, 0.1) is 0 Å². The first-order valence-corrected chi connectivity index (χ1v) is 6.45. The van der Waals surface area contributed by atoms with Crippen LogP contribution in [-0.4, -0.2) is 22.2 Å². The normalized spacial score (nSPS) is 10.5. The Morgan fingerprint density at radius 3 is 2.84 bits per heavy atom. The SMILES string of the molecule is CCOc1cccc(C(=O)c2cn(C)nc2CC)c1. The van der Waals surface area contributed by atoms with Crippen molar-refractivity contribution in [2.45, 2.75) is 20.3 Å². The third-order valence-corrected chi connectivity index (χ3v) is 2.89. The van der Waals surface area contributed by atoms with Gasteiger partial charge in [-0.3, -0.25) is 9.48 Å². The fraction of sp³-hybridized carbons (Fsp3) is 0.333. The minimum absolute atomic E-state index is 0.00787. The molecule has 4 nitrogen and oxygen atoms in total. The summed E-state index contributed by atoms with van der Waals surface area (Å²) in [7, 11) is 1.83. The van der Waals surface area contributed by atoms with Crippen molar-refractivity contribution in [2.75, 3.05) is 6.61 Å². The van der Waals surface area contributed by atoms with Gasteiger partial charge in [-0.15, -0.1) is 0 Å². The van der Waals surface area contributed by atoms with Gasteiger partial charge in [0.2, 0.25) is 0 Å². The fourth-order valence-electron chi connectivity index (χ4n) is 2.03. The van der Waals surface area contributed by atoms with Crippen LogP contribution in [0.2, 0.25) is 0 Å². The second kappa shape index (κ2) is 5.69. The van der Waals surface area contributed by atoms with Crippen LogP contribution in [-0.2, 0) is 13.5 Å². The minimum Gasteiger partial charge on any atom is -0.494 e. The molecule has 100 valence electrons. The quantitative estimate of drug-likeness (QED) is 0.774. The summed E-state index contributed by atoms with van der Waals surface area (Å²) in [4.78, 5) is 12.5. The summed E-state index contributed by atoms with van der Waals surface area (Å²) >= 11 is 0. The number of hydrogen-bond acceptors (Lipinski definition) is 3. The maximum absolute atomic E-state index is 12.5. The van der Waals surface area contributed by atoms with E-state index in [0.717, 1.165) is 17.9 Å². The maximum Gasteiger partial charge on any atom is 0.196 e. The van der Waals surface area contributed by atoms with E-state index in [1.807, 2.05) is 33.0 Å². The van der Waals surface area contributed by atoms with Crippen molar-refractivity contribution < 1.29 is 9.53 Å². The Kier molecular flexibility index (Phi) is 4.00. The number of rotatable bonds is 5. The number of aryl methyl sites for hydroxylation is 2. The molecule has 0 aliphatic rings. The molecule has 0 bridgehead atoms. The third-order valence-electron chi connectivity index (χ3n) is 2.89. The zero-order valence-electron chi connectivity index (χ0n) is 11.5. The summed E-state index contributed by atoms with van der Waals surface area (Å²) in [6.07, 6.45) is 2.52. The molecule has 0 saturated carbocycles. The number of hydrogen-bond donors (Lipinski definition) is 0. The Morgan fingerprint density at radius 2 is 2.16 bits per heavy atom. The number of ketones is 1. The summed E-state index contributed by atoms with van der Waals surface area (Å²) < 4.78 is 7.10. The summed E-state index contributed by atoms with van der Waals surface area (Å²) in [6, 6.07) is 7.26. The van der Waals surface area contributed by atoms with Crippen molar-refractivity contribution in [1.82, 2.24) is 9.78 Å². The van der Waals surface area contributed by atoms with Crippen LogP contribution in [0.1, 0.15) is 35.5 Å². The van der Waals surface area contributed by atoms with Crippen molar-refractivity contribution >= 4 is 5.78 Å². The van der Waals surface area contributed by atoms with Gasteiger partial charge in [-0.25, -0.2) is 0 Å². The molecule has 1 heterocycles. The Hall–Kier alpha value is -2.10. The summed E-state index contributed by atoms with van der Waals surface area (Å²) in [5.41, 5.74) is 2.13. The number of benzene rings is 1. The van der Waals surface area contributed by atoms with E-state index >= 15 is 0 Å². The predicted octanol–water partition coefficient (Wildman–Crippen LogP) is 2.61. The largest absolute Gasteiger partial charge is 0.494 e. The highest BCUT2D eigenvalue weighted by Gasteiger charge is 2.16. The zero-order valence-corrected chi connectivity index (χ0v) is 11.5. The van der Waals surface area contributed by atoms with Gasteiger partial charge in [0.15, 0.2) is 5.78 Å². The standard InChI is InChI=1S/C15H18N2O2/c1-4-14-13(10-17(3)16-14)15(18)11-7-6-8-12(9-11)19-5-2/h6-10H,4-5H2,1-3H3. The Labute approximate surface area is 113 Å². The second-order valence-corrected chi connectivity index (χ2v) is 4.31. The molecule has 2 rings (SSSR count). The van der Waals surface area contributed by atoms with Crippen LogP contribution in [0.15, 0.2) is 30.5 Å². The van der Waals surface area contributed by atoms with Gasteiger partial charge in [-0.2, -0.15) is 5.10 Å². The van der Waals surface area contributed by atoms with Crippen LogP contribution in [0.3, 0.4) is 0 Å². The highest BCUT2D eigenvalue weighted by atomic mass is 16.5. The maximum atomic E-state index is 12.5. The highest BCUT2D eigenvalue weighted by Crippen LogP contribution is 2.18. The molecule has 0 spiro atoms. The van der Waals surface area contributed by atoms with E-state index in [4.69, 9.17) is 4.74 Å². The van der Waals surface area contributed by atoms with E-state index in [0.29, 0.717) is 17.7 Å². The van der Waals surface area contributed by atoms with E-state index in [2.05, 4.69) is 5.10 Å². The first-order valence-electron chi connectivity index (χ1n) is 6.45. The molecule has 0 aliphatic carbocycles. The average molecular weight is 258 g/mol. The summed E-state index contributed by atoms with van der Waals surface area (Å²) in [5, 5.41) is 4.30. The van der Waals surface area contributed by atoms with Crippen LogP contribution in [0.25, 0.3) is 0 Å². The molecule has 1 aromatic heterocycles. The first kappa shape index (κ1) is 13.3. The molecule has 0 amide bonds. The monoisotopic (exact) mass is 258 g/mol. The van der Waals surface area contributed by atoms with Crippen molar-refractivity contribution in [3.63, 3.8) is 0 Å². The minimum atomic E-state index is -0.00787. The highest BCUT2D eigenvalue weighted by molar-refractivity contribution is 6.09. The van der Waals surface area contributed by atoms with Gasteiger partial charge >= 0.3 is 0 Å². The molecule has 0 N–H and O–H groups in total. The first-order chi connectivity index (χ1) is 9.15. The van der Waals surface area contributed by atoms with Crippen molar-refractivity contribution in [2.24, 2.45) is 7.05 Å². The molecular formula is C15H18N2O2. The number of ether oxygens (including phenoxy) is 1. The molecule has 4 heteroatoms. The van der Waals surface area contributed by atoms with Gasteiger partial charge in [-0.05, 0) is 25.5 Å². The lowest BCUT2D eigenvalue weighted by atomic mass is 10.0. The molecule has 0 aliphatic heterocycles. The van der Waals surface area contributed by atoms with Gasteiger partial charge in [0, 0.05) is 18.8 Å². The average Bonchev–Trinajstić information content (AvgIpc) is 2.80. The molecule has 0 saturated heterocycles. The molecule has 0 fully saturated rings. The van der Waals surface area contributed by atoms with Crippen LogP contribution in [0.4, 0.5) is 0 Å². The number of nitrogens with zero attached hydrogens (tertiary/aromatic N) is 2. The number of carbonyl (C=O) groups excluding carboxylic acids is 1. The van der Waals surface area contributed by atoms with Gasteiger partial charge in [0.25, 0.3) is 0 Å². The van der Waals surface area contributed by atoms with E-state index in [9.17, 15) is 4.79 Å². The summed E-state index contributed by atoms with van der Waals surface area (Å²) in [5.74, 6) is 0.710. The van der Waals surface area contributed by atoms with Gasteiger partial charge < -0.3 is 4.74 Å². The molecule has 0 radical (unpaired) electrons. The van der Waals surface area contributed by atoms with E-state index < -0.39 is 0 Å². The lowest BCUT2D eigenvalue weighted by Gasteiger charge is -2.05. The Morgan fingerprint density at radius 1 is 1.37 bits per heavy atom. The molecule has 1 aromatic carbocycles. The van der Waals surface area contributed by atoms with E-state index in [-0.39, 0.29) is 5.78 Å². The number of aromatic nitrogens is 2. The molecular weight excluding hydrogens is 240 g/mol. The lowest BCUT2D eigenvalue weighted by Crippen LogP contribution is -2.04. The number of carbonyl (C=O) groups is 1. The van der Waals surface area contributed by atoms with Gasteiger partial charge in [0.05, 0.1) is 17.9 Å². The van der Waals surface area contributed by atoms with Crippen LogP contribution >= 0.6 is 0 Å². The van der Waals surface area contributed by atoms with Gasteiger partial charge in [-0.1, -0.05) is 19.1 Å². The van der Waals surface area contributed by atoms with Crippen molar-refractivity contribution in [3.8, 4) is 5.75 Å². The lowest BCUT2D eigenvalue weighted by molar-refractivity contribution is 0.103. The van der Waals surface area contributed by atoms with E-state index in [1.165, 1.54) is 0 Å². The fourth-order valence-corrected chi connectivity index (χ4v) is 2.03. The van der Waals surface area contributed by atoms with Crippen LogP contribution in [0.5, 0.6) is 5.75 Å². The molecule has 19 heavy (non-hydrogen) atoms. The molecule has 0 atom stereocenters. The second-order valence-electron chi connectivity index (χ2n) is 4.31. The van der Waals surface area contributed by atoms with Crippen LogP contribution < -0.4 is 4.74 Å². The Balaban J connectivity index is 2.35. The van der Waals surface area contributed by atoms with Gasteiger partial charge in [0.1, 0.15) is 5.75 Å². The molecule has 2 aromatic rings. The smallest absolute Gasteiger partial charge is 0.196 e. The summed E-state index contributed by atoms with van der Waals surface area (Å²) in [6.45, 7) is 4.51. The zero-order chi connectivity index (χ0) is 13.8. The Bertz CT molecular complexity index is 588. The van der Waals surface area contributed by atoms with Crippen molar-refractivity contribution in [1.29, 1.82) is 0 Å².